The Morgan fingerprint density at radius 3 is 2.63 bits per heavy atom. The largest absolute Gasteiger partial charge is 0.338 e. The Bertz CT molecular complexity index is 519. The third-order valence-electron chi connectivity index (χ3n) is 3.82. The molecule has 0 spiro atoms. The van der Waals surface area contributed by atoms with Crippen molar-refractivity contribution in [2.45, 2.75) is 32.1 Å². The fraction of sp³-hybridized carbons (Fsp3) is 0.467. The van der Waals surface area contributed by atoms with E-state index in [1.165, 1.54) is 12.1 Å². The van der Waals surface area contributed by atoms with Gasteiger partial charge in [0.05, 0.1) is 11.6 Å². The first-order valence-corrected chi connectivity index (χ1v) is 6.66. The Labute approximate surface area is 111 Å². The van der Waals surface area contributed by atoms with E-state index in [4.69, 9.17) is 4.84 Å². The minimum atomic E-state index is -0.218. The van der Waals surface area contributed by atoms with Crippen LogP contribution in [-0.2, 0) is 9.63 Å². The van der Waals surface area contributed by atoms with E-state index < -0.39 is 0 Å². The zero-order valence-corrected chi connectivity index (χ0v) is 10.8. The molecule has 0 unspecified atom stereocenters. The summed E-state index contributed by atoms with van der Waals surface area (Å²) in [6, 6.07) is 6.57. The monoisotopic (exact) mass is 261 g/mol. The number of halogens is 1. The van der Waals surface area contributed by atoms with Crippen molar-refractivity contribution in [2.75, 3.05) is 0 Å². The van der Waals surface area contributed by atoms with Gasteiger partial charge in [0.2, 0.25) is 0 Å². The average molecular weight is 261 g/mol. The lowest BCUT2D eigenvalue weighted by Crippen LogP contribution is -2.05. The summed E-state index contributed by atoms with van der Waals surface area (Å²) in [5.41, 5.74) is 1.97. The molecule has 3 nitrogen and oxygen atoms in total. The lowest BCUT2D eigenvalue weighted by molar-refractivity contribution is -0.145. The van der Waals surface area contributed by atoms with Crippen LogP contribution in [0.15, 0.2) is 29.4 Å². The van der Waals surface area contributed by atoms with Crippen molar-refractivity contribution in [3.63, 3.8) is 0 Å². The maximum atomic E-state index is 12.8. The molecule has 3 rings (SSSR count). The molecule has 0 aliphatic heterocycles. The van der Waals surface area contributed by atoms with Crippen LogP contribution in [0.5, 0.6) is 0 Å². The van der Waals surface area contributed by atoms with E-state index in [-0.39, 0.29) is 17.7 Å². The van der Waals surface area contributed by atoms with Crippen LogP contribution in [0.3, 0.4) is 0 Å². The molecule has 2 saturated carbocycles. The summed E-state index contributed by atoms with van der Waals surface area (Å²) in [4.78, 5) is 16.3. The highest BCUT2D eigenvalue weighted by Gasteiger charge is 2.41. The van der Waals surface area contributed by atoms with Gasteiger partial charge in [-0.05, 0) is 49.8 Å². The van der Waals surface area contributed by atoms with Crippen LogP contribution >= 0.6 is 0 Å². The molecule has 100 valence electrons. The van der Waals surface area contributed by atoms with Crippen molar-refractivity contribution >= 4 is 11.7 Å². The van der Waals surface area contributed by atoms with Crippen LogP contribution in [0.1, 0.15) is 37.7 Å². The smallest absolute Gasteiger partial charge is 0.318 e. The standard InChI is InChI=1S/C15H16FNO2/c1-9(17-19-15(18)11-2-3-11)13-8-14(13)10-4-6-12(16)7-5-10/h4-7,11,13-14H,2-3,8H2,1H3/b17-9-/t13-,14+/m0/s1. The van der Waals surface area contributed by atoms with Crippen LogP contribution in [0.2, 0.25) is 0 Å². The number of carbonyl (C=O) groups excluding carboxylic acids is 1. The molecule has 4 heteroatoms. The summed E-state index contributed by atoms with van der Waals surface area (Å²) < 4.78 is 12.8. The Kier molecular flexibility index (Phi) is 3.09. The van der Waals surface area contributed by atoms with Crippen LogP contribution in [0.25, 0.3) is 0 Å². The topological polar surface area (TPSA) is 38.7 Å². The van der Waals surface area contributed by atoms with Gasteiger partial charge in [-0.15, -0.1) is 0 Å². The number of rotatable bonds is 4. The van der Waals surface area contributed by atoms with E-state index in [1.54, 1.807) is 0 Å². The molecule has 0 N–H and O–H groups in total. The van der Waals surface area contributed by atoms with Gasteiger partial charge in [-0.2, -0.15) is 0 Å². The van der Waals surface area contributed by atoms with Crippen molar-refractivity contribution < 1.29 is 14.0 Å². The molecular formula is C15H16FNO2. The van der Waals surface area contributed by atoms with Gasteiger partial charge in [0.15, 0.2) is 0 Å². The van der Waals surface area contributed by atoms with E-state index in [0.717, 1.165) is 30.5 Å². The summed E-state index contributed by atoms with van der Waals surface area (Å²) in [5.74, 6) is 0.341. The lowest BCUT2D eigenvalue weighted by Gasteiger charge is -2.01. The zero-order chi connectivity index (χ0) is 13.4. The van der Waals surface area contributed by atoms with Crippen LogP contribution in [-0.4, -0.2) is 11.7 Å². The molecule has 1 aromatic rings. The molecule has 0 heterocycles. The van der Waals surface area contributed by atoms with Gasteiger partial charge in [0, 0.05) is 5.92 Å². The van der Waals surface area contributed by atoms with Crippen molar-refractivity contribution in [3.8, 4) is 0 Å². The third kappa shape index (κ3) is 2.83. The molecule has 0 amide bonds. The van der Waals surface area contributed by atoms with Gasteiger partial charge in [-0.1, -0.05) is 17.3 Å². The Hall–Kier alpha value is -1.71. The van der Waals surface area contributed by atoms with Gasteiger partial charge < -0.3 is 4.84 Å². The highest BCUT2D eigenvalue weighted by atomic mass is 19.1. The number of carbonyl (C=O) groups is 1. The van der Waals surface area contributed by atoms with Gasteiger partial charge in [0.1, 0.15) is 5.82 Å². The van der Waals surface area contributed by atoms with Gasteiger partial charge >= 0.3 is 5.97 Å². The molecule has 2 fully saturated rings. The minimum Gasteiger partial charge on any atom is -0.318 e. The second-order valence-corrected chi connectivity index (χ2v) is 5.42. The quantitative estimate of drug-likeness (QED) is 0.474. The first-order chi connectivity index (χ1) is 9.15. The number of nitrogens with zero attached hydrogens (tertiary/aromatic N) is 1. The number of benzene rings is 1. The van der Waals surface area contributed by atoms with Crippen LogP contribution in [0, 0.1) is 17.7 Å². The highest BCUT2D eigenvalue weighted by molar-refractivity contribution is 5.88. The van der Waals surface area contributed by atoms with Crippen molar-refractivity contribution in [1.29, 1.82) is 0 Å². The lowest BCUT2D eigenvalue weighted by atomic mass is 10.1. The summed E-state index contributed by atoms with van der Waals surface area (Å²) >= 11 is 0. The third-order valence-corrected chi connectivity index (χ3v) is 3.82. The Morgan fingerprint density at radius 2 is 2.00 bits per heavy atom. The van der Waals surface area contributed by atoms with Gasteiger partial charge in [-0.25, -0.2) is 9.18 Å². The van der Waals surface area contributed by atoms with Gasteiger partial charge in [-0.3, -0.25) is 0 Å². The highest BCUT2D eigenvalue weighted by Crippen LogP contribution is 2.48. The zero-order valence-electron chi connectivity index (χ0n) is 10.8. The van der Waals surface area contributed by atoms with Crippen molar-refractivity contribution in [1.82, 2.24) is 0 Å². The first kappa shape index (κ1) is 12.3. The second-order valence-electron chi connectivity index (χ2n) is 5.42. The fourth-order valence-corrected chi connectivity index (χ4v) is 2.31. The molecule has 0 radical (unpaired) electrons. The molecule has 2 aliphatic carbocycles. The number of hydrogen-bond acceptors (Lipinski definition) is 3. The predicted molar refractivity (Wildman–Crippen MR) is 69.2 cm³/mol. The van der Waals surface area contributed by atoms with E-state index in [0.29, 0.717) is 11.8 Å². The van der Waals surface area contributed by atoms with Crippen LogP contribution < -0.4 is 0 Å². The van der Waals surface area contributed by atoms with E-state index >= 15 is 0 Å². The summed E-state index contributed by atoms with van der Waals surface area (Å²) in [7, 11) is 0. The Balaban J connectivity index is 1.57. The molecule has 1 aromatic carbocycles. The predicted octanol–water partition coefficient (Wildman–Crippen LogP) is 3.26. The first-order valence-electron chi connectivity index (χ1n) is 6.66. The molecular weight excluding hydrogens is 245 g/mol. The summed E-state index contributed by atoms with van der Waals surface area (Å²) in [6.45, 7) is 1.88. The number of hydrogen-bond donors (Lipinski definition) is 0. The molecule has 19 heavy (non-hydrogen) atoms. The summed E-state index contributed by atoms with van der Waals surface area (Å²) in [5, 5.41) is 3.93. The fourth-order valence-electron chi connectivity index (χ4n) is 2.31. The average Bonchev–Trinajstić information content (AvgIpc) is 3.28. The van der Waals surface area contributed by atoms with Gasteiger partial charge in [0.25, 0.3) is 0 Å². The molecule has 0 aromatic heterocycles. The van der Waals surface area contributed by atoms with E-state index in [9.17, 15) is 9.18 Å². The maximum Gasteiger partial charge on any atom is 0.338 e. The Morgan fingerprint density at radius 1 is 1.32 bits per heavy atom. The van der Waals surface area contributed by atoms with E-state index in [1.807, 2.05) is 19.1 Å². The summed E-state index contributed by atoms with van der Waals surface area (Å²) in [6.07, 6.45) is 2.84. The molecule has 2 atom stereocenters. The normalized spacial score (nSPS) is 26.1. The maximum absolute atomic E-state index is 12.8. The minimum absolute atomic E-state index is 0.0728. The van der Waals surface area contributed by atoms with Crippen LogP contribution in [0.4, 0.5) is 4.39 Å². The van der Waals surface area contributed by atoms with E-state index in [2.05, 4.69) is 5.16 Å². The SMILES string of the molecule is C/C(=N/OC(=O)C1CC1)[C@@H]1C[C@@H]1c1ccc(F)cc1. The molecule has 2 aliphatic rings. The number of oxime groups is 1. The second kappa shape index (κ2) is 4.76. The molecule has 0 bridgehead atoms. The molecule has 0 saturated heterocycles. The van der Waals surface area contributed by atoms with Crippen molar-refractivity contribution in [2.24, 2.45) is 17.0 Å². The van der Waals surface area contributed by atoms with Crippen molar-refractivity contribution in [3.05, 3.63) is 35.6 Å².